The maximum Gasteiger partial charge on any atom is 0.211 e. The number of hydrogen-bond donors (Lipinski definition) is 2. The first-order chi connectivity index (χ1) is 8.08. The highest BCUT2D eigenvalue weighted by Crippen LogP contribution is 2.30. The van der Waals surface area contributed by atoms with Crippen molar-refractivity contribution in [1.82, 2.24) is 0 Å². The number of benzene rings is 1. The Balaban J connectivity index is 3.07. The highest BCUT2D eigenvalue weighted by molar-refractivity contribution is 5.82. The summed E-state index contributed by atoms with van der Waals surface area (Å²) in [4.78, 5) is 0. The summed E-state index contributed by atoms with van der Waals surface area (Å²) in [5.41, 5.74) is 10.6. The van der Waals surface area contributed by atoms with E-state index in [4.69, 9.17) is 20.9 Å². The Hall–Kier alpha value is -2.31. The lowest BCUT2D eigenvalue weighted by Crippen LogP contribution is -2.21. The van der Waals surface area contributed by atoms with Crippen molar-refractivity contribution in [3.8, 4) is 11.5 Å². The minimum atomic E-state index is -0.557. The summed E-state index contributed by atoms with van der Waals surface area (Å²) in [6, 6.07) is 2.78. The molecule has 92 valence electrons. The molecule has 0 saturated heterocycles. The first-order valence-corrected chi connectivity index (χ1v) is 4.62. The number of rotatable bonds is 4. The molecule has 4 N–H and O–H groups in total. The average Bonchev–Trinajstić information content (AvgIpc) is 2.27. The van der Waals surface area contributed by atoms with Crippen LogP contribution in [0.1, 0.15) is 5.56 Å². The highest BCUT2D eigenvalue weighted by Gasteiger charge is 2.11. The Morgan fingerprint density at radius 2 is 2.00 bits per heavy atom. The molecule has 0 fully saturated rings. The first kappa shape index (κ1) is 12.8. The van der Waals surface area contributed by atoms with Crippen LogP contribution >= 0.6 is 0 Å². The predicted molar refractivity (Wildman–Crippen MR) is 62.9 cm³/mol. The number of methoxy groups -OCH3 is 2. The monoisotopic (exact) mass is 240 g/mol. The summed E-state index contributed by atoms with van der Waals surface area (Å²) in [6.07, 6.45) is 1.30. The van der Waals surface area contributed by atoms with Gasteiger partial charge >= 0.3 is 0 Å². The molecule has 0 aliphatic rings. The summed E-state index contributed by atoms with van der Waals surface area (Å²) in [5, 5.41) is 6.96. The van der Waals surface area contributed by atoms with Crippen molar-refractivity contribution in [1.29, 1.82) is 0 Å². The van der Waals surface area contributed by atoms with E-state index in [0.717, 1.165) is 0 Å². The van der Waals surface area contributed by atoms with Gasteiger partial charge in [0.2, 0.25) is 5.96 Å². The van der Waals surface area contributed by atoms with Crippen molar-refractivity contribution >= 4 is 12.2 Å². The van der Waals surface area contributed by atoms with Crippen molar-refractivity contribution in [3.05, 3.63) is 23.5 Å². The molecule has 1 aromatic rings. The lowest BCUT2D eigenvalue weighted by Gasteiger charge is -2.08. The van der Waals surface area contributed by atoms with E-state index in [1.54, 1.807) is 6.07 Å². The molecule has 0 aliphatic heterocycles. The van der Waals surface area contributed by atoms with Gasteiger partial charge in [-0.3, -0.25) is 0 Å². The van der Waals surface area contributed by atoms with Crippen LogP contribution < -0.4 is 20.9 Å². The second-order valence-corrected chi connectivity index (χ2v) is 3.01. The molecule has 0 saturated carbocycles. The molecular weight excluding hydrogens is 227 g/mol. The molecule has 0 aromatic heterocycles. The zero-order valence-corrected chi connectivity index (χ0v) is 9.48. The number of halogens is 1. The summed E-state index contributed by atoms with van der Waals surface area (Å²) >= 11 is 0. The van der Waals surface area contributed by atoms with Gasteiger partial charge in [0.05, 0.1) is 20.4 Å². The number of guanidine groups is 1. The Morgan fingerprint density at radius 1 is 1.29 bits per heavy atom. The van der Waals surface area contributed by atoms with Gasteiger partial charge in [-0.2, -0.15) is 5.10 Å². The van der Waals surface area contributed by atoms with Crippen LogP contribution in [0.2, 0.25) is 0 Å². The topological polar surface area (TPSA) is 95.2 Å². The molecule has 0 heterocycles. The zero-order valence-electron chi connectivity index (χ0n) is 9.48. The van der Waals surface area contributed by atoms with Gasteiger partial charge in [-0.05, 0) is 12.1 Å². The largest absolute Gasteiger partial charge is 0.493 e. The summed E-state index contributed by atoms with van der Waals surface area (Å²) in [6.45, 7) is 0. The van der Waals surface area contributed by atoms with Gasteiger partial charge < -0.3 is 20.9 Å². The maximum atomic E-state index is 13.5. The van der Waals surface area contributed by atoms with Crippen LogP contribution in [-0.2, 0) is 0 Å². The Morgan fingerprint density at radius 3 is 2.53 bits per heavy atom. The molecule has 1 aromatic carbocycles. The molecule has 1 rings (SSSR count). The van der Waals surface area contributed by atoms with Gasteiger partial charge in [0.15, 0.2) is 17.3 Å². The van der Waals surface area contributed by atoms with E-state index in [9.17, 15) is 4.39 Å². The third-order valence-corrected chi connectivity index (χ3v) is 1.84. The van der Waals surface area contributed by atoms with Crippen LogP contribution in [0.4, 0.5) is 4.39 Å². The molecule has 17 heavy (non-hydrogen) atoms. The number of nitrogens with zero attached hydrogens (tertiary/aromatic N) is 2. The third-order valence-electron chi connectivity index (χ3n) is 1.84. The standard InChI is InChI=1S/C10H13FN4O2/c1-16-8-4-6(5-14-15-10(12)13)3-7(11)9(8)17-2/h3-5H,1-2H3,(H4,12,13,15). The Labute approximate surface area is 97.7 Å². The molecule has 7 heteroatoms. The van der Waals surface area contributed by atoms with Gasteiger partial charge in [-0.15, -0.1) is 5.10 Å². The SMILES string of the molecule is COc1cc(C=NN=C(N)N)cc(F)c1OC. The molecule has 0 radical (unpaired) electrons. The molecule has 6 nitrogen and oxygen atoms in total. The van der Waals surface area contributed by atoms with Crippen molar-refractivity contribution in [2.75, 3.05) is 14.2 Å². The van der Waals surface area contributed by atoms with Crippen LogP contribution in [0.15, 0.2) is 22.3 Å². The fourth-order valence-electron chi connectivity index (χ4n) is 1.17. The third kappa shape index (κ3) is 3.33. The fourth-order valence-corrected chi connectivity index (χ4v) is 1.17. The van der Waals surface area contributed by atoms with Gasteiger partial charge in [0.1, 0.15) is 0 Å². The van der Waals surface area contributed by atoms with Crippen molar-refractivity contribution in [2.45, 2.75) is 0 Å². The zero-order chi connectivity index (χ0) is 12.8. The van der Waals surface area contributed by atoms with Gasteiger partial charge in [0, 0.05) is 5.56 Å². The number of nitrogens with two attached hydrogens (primary N) is 2. The maximum absolute atomic E-state index is 13.5. The van der Waals surface area contributed by atoms with Gasteiger partial charge in [-0.25, -0.2) is 4.39 Å². The summed E-state index contributed by atoms with van der Waals surface area (Å²) < 4.78 is 23.4. The van der Waals surface area contributed by atoms with Gasteiger partial charge in [-0.1, -0.05) is 0 Å². The van der Waals surface area contributed by atoms with Gasteiger partial charge in [0.25, 0.3) is 0 Å². The van der Waals surface area contributed by atoms with Crippen LogP contribution in [0.5, 0.6) is 11.5 Å². The quantitative estimate of drug-likeness (QED) is 0.453. The van der Waals surface area contributed by atoms with Crippen molar-refractivity contribution in [2.24, 2.45) is 21.7 Å². The molecule has 0 unspecified atom stereocenters. The summed E-state index contributed by atoms with van der Waals surface area (Å²) in [5.74, 6) is -0.440. The number of hydrogen-bond acceptors (Lipinski definition) is 4. The van der Waals surface area contributed by atoms with E-state index in [0.29, 0.717) is 5.56 Å². The van der Waals surface area contributed by atoms with Crippen LogP contribution in [-0.4, -0.2) is 26.4 Å². The minimum Gasteiger partial charge on any atom is -0.493 e. The highest BCUT2D eigenvalue weighted by atomic mass is 19.1. The predicted octanol–water partition coefficient (Wildman–Crippen LogP) is 0.450. The molecule has 0 atom stereocenters. The second kappa shape index (κ2) is 5.69. The van der Waals surface area contributed by atoms with Crippen LogP contribution in [0.3, 0.4) is 0 Å². The van der Waals surface area contributed by atoms with E-state index >= 15 is 0 Å². The lowest BCUT2D eigenvalue weighted by molar-refractivity contribution is 0.337. The molecule has 0 amide bonds. The molecule has 0 aliphatic carbocycles. The Kier molecular flexibility index (Phi) is 4.27. The smallest absolute Gasteiger partial charge is 0.211 e. The second-order valence-electron chi connectivity index (χ2n) is 3.01. The van der Waals surface area contributed by atoms with Crippen LogP contribution in [0, 0.1) is 5.82 Å². The van der Waals surface area contributed by atoms with E-state index < -0.39 is 5.82 Å². The van der Waals surface area contributed by atoms with E-state index in [1.807, 2.05) is 0 Å². The molecule has 0 spiro atoms. The normalized spacial score (nSPS) is 10.3. The van der Waals surface area contributed by atoms with E-state index in [2.05, 4.69) is 10.2 Å². The van der Waals surface area contributed by atoms with Crippen LogP contribution in [0.25, 0.3) is 0 Å². The fraction of sp³-hybridized carbons (Fsp3) is 0.200. The van der Waals surface area contributed by atoms with Crippen molar-refractivity contribution in [3.63, 3.8) is 0 Å². The van der Waals surface area contributed by atoms with E-state index in [1.165, 1.54) is 26.5 Å². The molecular formula is C10H13FN4O2. The number of ether oxygens (including phenoxy) is 2. The minimum absolute atomic E-state index is 0.0338. The average molecular weight is 240 g/mol. The Bertz CT molecular complexity index is 456. The van der Waals surface area contributed by atoms with E-state index in [-0.39, 0.29) is 17.5 Å². The first-order valence-electron chi connectivity index (χ1n) is 4.62. The molecule has 0 bridgehead atoms. The lowest BCUT2D eigenvalue weighted by atomic mass is 10.2. The van der Waals surface area contributed by atoms with Crippen molar-refractivity contribution < 1.29 is 13.9 Å². The summed E-state index contributed by atoms with van der Waals surface area (Å²) in [7, 11) is 2.77.